The lowest BCUT2D eigenvalue weighted by Crippen LogP contribution is -2.14. The van der Waals surface area contributed by atoms with Crippen LogP contribution in [0.15, 0.2) is 194 Å². The van der Waals surface area contributed by atoms with E-state index in [1.165, 1.54) is 45.0 Å². The third-order valence-electron chi connectivity index (χ3n) is 12.6. The van der Waals surface area contributed by atoms with E-state index in [9.17, 15) is 0 Å². The number of nitrogens with zero attached hydrogens (tertiary/aromatic N) is 4. The van der Waals surface area contributed by atoms with Crippen LogP contribution in [0.25, 0.3) is 105 Å². The van der Waals surface area contributed by atoms with Gasteiger partial charge in [-0.1, -0.05) is 204 Å². The standard InChI is InChI=1S/C56H38N4.C3H8/c1-56(2)49-22-11-10-19-45(49)46-30-29-42(33-50(46)56)44-20-12-21-47-48-32-40-17-8-9-18-41(40)34-51(48)60(52(44)47)55-58-53(38-26-23-37(24-27-38)35-13-4-3-5-14-35)57-54(59-55)43-28-25-36-15-6-7-16-39(36)31-43;1-3-2/h3-34H,1-2H3;3H2,1-2H3. The summed E-state index contributed by atoms with van der Waals surface area (Å²) in [5, 5.41) is 6.97. The van der Waals surface area contributed by atoms with Crippen LogP contribution in [0.1, 0.15) is 45.2 Å². The lowest BCUT2D eigenvalue weighted by molar-refractivity contribution is 0.660. The number of hydrogen-bond acceptors (Lipinski definition) is 3. The van der Waals surface area contributed by atoms with Gasteiger partial charge in [0.2, 0.25) is 5.95 Å². The van der Waals surface area contributed by atoms with E-state index in [0.29, 0.717) is 17.6 Å². The molecule has 9 aromatic carbocycles. The van der Waals surface area contributed by atoms with Crippen molar-refractivity contribution >= 4 is 43.4 Å². The monoisotopic (exact) mass is 810 g/mol. The summed E-state index contributed by atoms with van der Waals surface area (Å²) in [6.07, 6.45) is 1.25. The molecule has 0 fully saturated rings. The van der Waals surface area contributed by atoms with Gasteiger partial charge in [0.25, 0.3) is 0 Å². The summed E-state index contributed by atoms with van der Waals surface area (Å²) in [6.45, 7) is 8.94. The molecule has 4 nitrogen and oxygen atoms in total. The molecule has 63 heavy (non-hydrogen) atoms. The molecular weight excluding hydrogens is 765 g/mol. The number of para-hydroxylation sites is 1. The van der Waals surface area contributed by atoms with Crippen LogP contribution in [-0.4, -0.2) is 19.5 Å². The first-order valence-corrected chi connectivity index (χ1v) is 22.0. The third-order valence-corrected chi connectivity index (χ3v) is 12.6. The van der Waals surface area contributed by atoms with Crippen LogP contribution in [0.2, 0.25) is 0 Å². The number of aromatic nitrogens is 4. The van der Waals surface area contributed by atoms with Gasteiger partial charge in [-0.3, -0.25) is 4.57 Å². The molecule has 0 saturated heterocycles. The fourth-order valence-corrected chi connectivity index (χ4v) is 9.56. The highest BCUT2D eigenvalue weighted by molar-refractivity contribution is 6.17. The van der Waals surface area contributed by atoms with E-state index in [-0.39, 0.29) is 5.41 Å². The first kappa shape index (κ1) is 38.2. The van der Waals surface area contributed by atoms with Crippen LogP contribution in [-0.2, 0) is 5.41 Å². The Bertz CT molecular complexity index is 3520. The fourth-order valence-electron chi connectivity index (χ4n) is 9.56. The number of rotatable bonds is 5. The maximum atomic E-state index is 5.41. The summed E-state index contributed by atoms with van der Waals surface area (Å²) in [5.41, 5.74) is 13.8. The van der Waals surface area contributed by atoms with Crippen LogP contribution in [0.5, 0.6) is 0 Å². The van der Waals surface area contributed by atoms with Gasteiger partial charge < -0.3 is 0 Å². The molecule has 1 aliphatic rings. The molecule has 0 amide bonds. The van der Waals surface area contributed by atoms with Crippen LogP contribution < -0.4 is 0 Å². The molecule has 302 valence electrons. The minimum Gasteiger partial charge on any atom is -0.277 e. The topological polar surface area (TPSA) is 43.6 Å². The molecule has 0 spiro atoms. The molecule has 0 atom stereocenters. The van der Waals surface area contributed by atoms with Gasteiger partial charge in [-0.05, 0) is 84.8 Å². The summed E-state index contributed by atoms with van der Waals surface area (Å²) in [5.74, 6) is 1.82. The second-order valence-corrected chi connectivity index (χ2v) is 17.2. The molecule has 1 aliphatic carbocycles. The van der Waals surface area contributed by atoms with Crippen LogP contribution in [0.4, 0.5) is 0 Å². The summed E-state index contributed by atoms with van der Waals surface area (Å²) in [4.78, 5) is 16.0. The van der Waals surface area contributed by atoms with Gasteiger partial charge in [-0.25, -0.2) is 4.98 Å². The molecule has 2 heterocycles. The highest BCUT2D eigenvalue weighted by atomic mass is 15.2. The molecule has 12 rings (SSSR count). The van der Waals surface area contributed by atoms with Gasteiger partial charge in [0, 0.05) is 32.9 Å². The van der Waals surface area contributed by atoms with E-state index in [1.807, 2.05) is 6.07 Å². The second kappa shape index (κ2) is 15.3. The Morgan fingerprint density at radius 1 is 0.397 bits per heavy atom. The second-order valence-electron chi connectivity index (χ2n) is 17.2. The van der Waals surface area contributed by atoms with Gasteiger partial charge in [-0.15, -0.1) is 0 Å². The average molecular weight is 811 g/mol. The summed E-state index contributed by atoms with van der Waals surface area (Å²) in [7, 11) is 0. The van der Waals surface area contributed by atoms with Crippen molar-refractivity contribution in [2.24, 2.45) is 0 Å². The first-order valence-electron chi connectivity index (χ1n) is 22.0. The van der Waals surface area contributed by atoms with Crippen LogP contribution >= 0.6 is 0 Å². The zero-order valence-corrected chi connectivity index (χ0v) is 36.0. The fraction of sp³-hybridized carbons (Fsp3) is 0.102. The van der Waals surface area contributed by atoms with Gasteiger partial charge >= 0.3 is 0 Å². The molecule has 0 aliphatic heterocycles. The van der Waals surface area contributed by atoms with Crippen LogP contribution in [0.3, 0.4) is 0 Å². The lowest BCUT2D eigenvalue weighted by atomic mass is 9.81. The Hall–Kier alpha value is -7.69. The van der Waals surface area contributed by atoms with E-state index >= 15 is 0 Å². The summed E-state index contributed by atoms with van der Waals surface area (Å²) >= 11 is 0. The van der Waals surface area contributed by atoms with Gasteiger partial charge in [0.05, 0.1) is 11.0 Å². The lowest BCUT2D eigenvalue weighted by Gasteiger charge is -2.22. The van der Waals surface area contributed by atoms with Crippen molar-refractivity contribution in [2.45, 2.75) is 39.5 Å². The average Bonchev–Trinajstić information content (AvgIpc) is 3.78. The van der Waals surface area contributed by atoms with Crippen molar-refractivity contribution in [3.8, 4) is 62.1 Å². The third kappa shape index (κ3) is 6.49. The normalized spacial score (nSPS) is 12.6. The molecule has 0 saturated carbocycles. The minimum atomic E-state index is -0.131. The quantitative estimate of drug-likeness (QED) is 0.174. The van der Waals surface area contributed by atoms with E-state index in [4.69, 9.17) is 15.0 Å². The van der Waals surface area contributed by atoms with E-state index in [1.54, 1.807) is 0 Å². The minimum absolute atomic E-state index is 0.131. The Labute approximate surface area is 368 Å². The zero-order chi connectivity index (χ0) is 42.7. The summed E-state index contributed by atoms with van der Waals surface area (Å²) < 4.78 is 2.29. The highest BCUT2D eigenvalue weighted by Gasteiger charge is 2.35. The Morgan fingerprint density at radius 2 is 0.952 bits per heavy atom. The molecule has 11 aromatic rings. The van der Waals surface area contributed by atoms with E-state index in [0.717, 1.165) is 60.4 Å². The van der Waals surface area contributed by atoms with Crippen molar-refractivity contribution in [1.82, 2.24) is 19.5 Å². The molecule has 0 radical (unpaired) electrons. The van der Waals surface area contributed by atoms with E-state index < -0.39 is 0 Å². The van der Waals surface area contributed by atoms with Gasteiger partial charge in [0.1, 0.15) is 0 Å². The SMILES string of the molecule is CC1(C)c2ccccc2-c2ccc(-c3cccc4c5cc6ccccc6cc5n(-c5nc(-c6ccc(-c7ccccc7)cc6)nc(-c6ccc7ccccc7c6)n5)c34)cc21.CCC. The Kier molecular flexibility index (Phi) is 9.31. The Morgan fingerprint density at radius 3 is 1.71 bits per heavy atom. The number of hydrogen-bond donors (Lipinski definition) is 0. The molecule has 0 unspecified atom stereocenters. The molecule has 2 aromatic heterocycles. The van der Waals surface area contributed by atoms with Gasteiger partial charge in [-0.2, -0.15) is 9.97 Å². The highest BCUT2D eigenvalue weighted by Crippen LogP contribution is 2.50. The van der Waals surface area contributed by atoms with Crippen molar-refractivity contribution in [2.75, 3.05) is 0 Å². The smallest absolute Gasteiger partial charge is 0.238 e. The molecular formula is C59H46N4. The van der Waals surface area contributed by atoms with Crippen molar-refractivity contribution in [3.63, 3.8) is 0 Å². The predicted octanol–water partition coefficient (Wildman–Crippen LogP) is 15.7. The zero-order valence-electron chi connectivity index (χ0n) is 36.0. The maximum absolute atomic E-state index is 5.41. The number of fused-ring (bicyclic) bond motifs is 8. The maximum Gasteiger partial charge on any atom is 0.238 e. The van der Waals surface area contributed by atoms with Gasteiger partial charge in [0.15, 0.2) is 11.6 Å². The summed E-state index contributed by atoms with van der Waals surface area (Å²) in [6, 6.07) is 69.7. The Balaban J connectivity index is 0.00000144. The molecule has 0 N–H and O–H groups in total. The van der Waals surface area contributed by atoms with Crippen molar-refractivity contribution in [1.29, 1.82) is 0 Å². The molecule has 4 heteroatoms. The largest absolute Gasteiger partial charge is 0.277 e. The molecule has 0 bridgehead atoms. The number of benzene rings is 9. The van der Waals surface area contributed by atoms with Crippen molar-refractivity contribution in [3.05, 3.63) is 205 Å². The predicted molar refractivity (Wildman–Crippen MR) is 264 cm³/mol. The van der Waals surface area contributed by atoms with E-state index in [2.05, 4.69) is 220 Å². The van der Waals surface area contributed by atoms with Crippen molar-refractivity contribution < 1.29 is 0 Å². The first-order chi connectivity index (χ1) is 30.9. The van der Waals surface area contributed by atoms with Crippen LogP contribution in [0, 0.1) is 0 Å².